The van der Waals surface area contributed by atoms with Crippen LogP contribution in [0.4, 0.5) is 0 Å². The van der Waals surface area contributed by atoms with Gasteiger partial charge in [0.05, 0.1) is 5.60 Å². The van der Waals surface area contributed by atoms with Gasteiger partial charge in [-0.2, -0.15) is 0 Å². The molecule has 0 aliphatic heterocycles. The summed E-state index contributed by atoms with van der Waals surface area (Å²) in [6, 6.07) is 0. The summed E-state index contributed by atoms with van der Waals surface area (Å²) in [5.41, 5.74) is -0.604. The Labute approximate surface area is 80.0 Å². The Morgan fingerprint density at radius 2 is 1.85 bits per heavy atom. The molecule has 2 aliphatic carbocycles. The Kier molecular flexibility index (Phi) is 2.16. The summed E-state index contributed by atoms with van der Waals surface area (Å²) in [6.45, 7) is 4.04. The third-order valence-corrected chi connectivity index (χ3v) is 4.11. The SMILES string of the molecule is CC(C)(O)[C@H]1[C@H]2CC[C@H](C2)[C@H]1CO. The van der Waals surface area contributed by atoms with Gasteiger partial charge in [-0.25, -0.2) is 0 Å². The topological polar surface area (TPSA) is 40.5 Å². The monoisotopic (exact) mass is 184 g/mol. The van der Waals surface area contributed by atoms with Crippen LogP contribution in [0.1, 0.15) is 33.1 Å². The molecule has 0 aromatic carbocycles. The maximum atomic E-state index is 10.0. The smallest absolute Gasteiger partial charge is 0.0626 e. The average Bonchev–Trinajstić information content (AvgIpc) is 2.59. The largest absolute Gasteiger partial charge is 0.396 e. The van der Waals surface area contributed by atoms with Gasteiger partial charge in [0.2, 0.25) is 0 Å². The zero-order chi connectivity index (χ0) is 9.64. The summed E-state index contributed by atoms with van der Waals surface area (Å²) < 4.78 is 0. The zero-order valence-electron chi connectivity index (χ0n) is 8.53. The lowest BCUT2D eigenvalue weighted by atomic mass is 9.71. The molecule has 0 amide bonds. The van der Waals surface area contributed by atoms with Crippen molar-refractivity contribution in [2.45, 2.75) is 38.7 Å². The van der Waals surface area contributed by atoms with E-state index in [1.165, 1.54) is 19.3 Å². The standard InChI is InChI=1S/C11H20O2/c1-11(2,13)10-8-4-3-7(5-8)9(10)6-12/h7-10,12-13H,3-6H2,1-2H3/t7-,8+,9-,10+/m1/s1. The summed E-state index contributed by atoms with van der Waals surface area (Å²) in [5, 5.41) is 19.3. The van der Waals surface area contributed by atoms with Gasteiger partial charge in [-0.1, -0.05) is 0 Å². The summed E-state index contributed by atoms with van der Waals surface area (Å²) in [7, 11) is 0. The summed E-state index contributed by atoms with van der Waals surface area (Å²) in [5.74, 6) is 2.04. The maximum Gasteiger partial charge on any atom is 0.0626 e. The Morgan fingerprint density at radius 1 is 1.23 bits per heavy atom. The second kappa shape index (κ2) is 2.96. The van der Waals surface area contributed by atoms with E-state index in [0.717, 1.165) is 0 Å². The van der Waals surface area contributed by atoms with Crippen molar-refractivity contribution in [2.75, 3.05) is 6.61 Å². The van der Waals surface area contributed by atoms with Crippen molar-refractivity contribution in [1.82, 2.24) is 0 Å². The molecule has 0 spiro atoms. The fraction of sp³-hybridized carbons (Fsp3) is 1.00. The minimum atomic E-state index is -0.604. The van der Waals surface area contributed by atoms with Gasteiger partial charge in [-0.15, -0.1) is 0 Å². The molecule has 2 fully saturated rings. The van der Waals surface area contributed by atoms with E-state index in [4.69, 9.17) is 0 Å². The number of fused-ring (bicyclic) bond motifs is 2. The molecule has 76 valence electrons. The molecule has 2 bridgehead atoms. The third kappa shape index (κ3) is 1.40. The first kappa shape index (κ1) is 9.47. The van der Waals surface area contributed by atoms with Gasteiger partial charge < -0.3 is 10.2 Å². The van der Waals surface area contributed by atoms with Crippen LogP contribution >= 0.6 is 0 Å². The van der Waals surface area contributed by atoms with Crippen LogP contribution in [-0.2, 0) is 0 Å². The first-order valence-corrected chi connectivity index (χ1v) is 5.37. The lowest BCUT2D eigenvalue weighted by Crippen LogP contribution is -2.41. The van der Waals surface area contributed by atoms with Gasteiger partial charge in [0.1, 0.15) is 0 Å². The predicted octanol–water partition coefficient (Wildman–Crippen LogP) is 1.41. The van der Waals surface area contributed by atoms with Crippen molar-refractivity contribution in [3.05, 3.63) is 0 Å². The maximum absolute atomic E-state index is 10.0. The number of hydrogen-bond acceptors (Lipinski definition) is 2. The lowest BCUT2D eigenvalue weighted by Gasteiger charge is -2.38. The Hall–Kier alpha value is -0.0800. The van der Waals surface area contributed by atoms with Crippen molar-refractivity contribution in [3.8, 4) is 0 Å². The third-order valence-electron chi connectivity index (χ3n) is 4.11. The minimum absolute atomic E-state index is 0.260. The molecule has 0 unspecified atom stereocenters. The van der Waals surface area contributed by atoms with Crippen molar-refractivity contribution < 1.29 is 10.2 Å². The molecule has 13 heavy (non-hydrogen) atoms. The number of hydrogen-bond donors (Lipinski definition) is 2. The number of aliphatic hydroxyl groups is 2. The van der Waals surface area contributed by atoms with E-state index in [-0.39, 0.29) is 6.61 Å². The Balaban J connectivity index is 2.18. The highest BCUT2D eigenvalue weighted by atomic mass is 16.3. The molecule has 2 N–H and O–H groups in total. The van der Waals surface area contributed by atoms with Gasteiger partial charge in [-0.3, -0.25) is 0 Å². The van der Waals surface area contributed by atoms with Crippen LogP contribution in [0.25, 0.3) is 0 Å². The molecule has 2 aliphatic rings. The molecule has 0 radical (unpaired) electrons. The van der Waals surface area contributed by atoms with Crippen molar-refractivity contribution >= 4 is 0 Å². The number of aliphatic hydroxyl groups excluding tert-OH is 1. The fourth-order valence-corrected chi connectivity index (χ4v) is 3.77. The predicted molar refractivity (Wildman–Crippen MR) is 51.2 cm³/mol. The molecule has 4 atom stereocenters. The van der Waals surface area contributed by atoms with Crippen molar-refractivity contribution in [1.29, 1.82) is 0 Å². The highest BCUT2D eigenvalue weighted by Crippen LogP contribution is 2.55. The van der Waals surface area contributed by atoms with E-state index in [1.807, 2.05) is 13.8 Å². The quantitative estimate of drug-likeness (QED) is 0.681. The molecule has 0 aromatic rings. The summed E-state index contributed by atoms with van der Waals surface area (Å²) >= 11 is 0. The first-order valence-electron chi connectivity index (χ1n) is 5.37. The van der Waals surface area contributed by atoms with Crippen LogP contribution in [0, 0.1) is 23.7 Å². The van der Waals surface area contributed by atoms with Gasteiger partial charge in [-0.05, 0) is 56.8 Å². The second-order valence-corrected chi connectivity index (χ2v) is 5.36. The first-order chi connectivity index (χ1) is 6.04. The summed E-state index contributed by atoms with van der Waals surface area (Å²) in [6.07, 6.45) is 3.76. The van der Waals surface area contributed by atoms with Crippen LogP contribution in [0.5, 0.6) is 0 Å². The van der Waals surface area contributed by atoms with Gasteiger partial charge >= 0.3 is 0 Å². The summed E-state index contributed by atoms with van der Waals surface area (Å²) in [4.78, 5) is 0. The fourth-order valence-electron chi connectivity index (χ4n) is 3.77. The highest BCUT2D eigenvalue weighted by molar-refractivity contribution is 5.01. The van der Waals surface area contributed by atoms with E-state index in [2.05, 4.69) is 0 Å². The number of rotatable bonds is 2. The van der Waals surface area contributed by atoms with Gasteiger partial charge in [0.25, 0.3) is 0 Å². The Bertz CT molecular complexity index is 195. The van der Waals surface area contributed by atoms with Crippen LogP contribution < -0.4 is 0 Å². The van der Waals surface area contributed by atoms with Crippen LogP contribution in [0.2, 0.25) is 0 Å². The minimum Gasteiger partial charge on any atom is -0.396 e. The van der Waals surface area contributed by atoms with E-state index < -0.39 is 5.60 Å². The van der Waals surface area contributed by atoms with Crippen LogP contribution in [0.15, 0.2) is 0 Å². The Morgan fingerprint density at radius 3 is 2.31 bits per heavy atom. The van der Waals surface area contributed by atoms with Crippen LogP contribution in [0.3, 0.4) is 0 Å². The lowest BCUT2D eigenvalue weighted by molar-refractivity contribution is -0.0466. The molecule has 2 saturated carbocycles. The van der Waals surface area contributed by atoms with Crippen molar-refractivity contribution in [3.63, 3.8) is 0 Å². The molecular formula is C11H20O2. The molecule has 2 heteroatoms. The normalized spacial score (nSPS) is 44.3. The zero-order valence-corrected chi connectivity index (χ0v) is 8.53. The average molecular weight is 184 g/mol. The van der Waals surface area contributed by atoms with E-state index >= 15 is 0 Å². The van der Waals surface area contributed by atoms with E-state index in [1.54, 1.807) is 0 Å². The van der Waals surface area contributed by atoms with E-state index in [0.29, 0.717) is 23.7 Å². The van der Waals surface area contributed by atoms with Crippen molar-refractivity contribution in [2.24, 2.45) is 23.7 Å². The molecule has 2 rings (SSSR count). The molecule has 0 aromatic heterocycles. The molecule has 0 heterocycles. The van der Waals surface area contributed by atoms with E-state index in [9.17, 15) is 10.2 Å². The second-order valence-electron chi connectivity index (χ2n) is 5.36. The van der Waals surface area contributed by atoms with Gasteiger partial charge in [0.15, 0.2) is 0 Å². The van der Waals surface area contributed by atoms with Crippen LogP contribution in [-0.4, -0.2) is 22.4 Å². The van der Waals surface area contributed by atoms with Gasteiger partial charge in [0, 0.05) is 6.61 Å². The highest BCUT2D eigenvalue weighted by Gasteiger charge is 2.52. The molecule has 0 saturated heterocycles. The molecule has 2 nitrogen and oxygen atoms in total. The molecular weight excluding hydrogens is 164 g/mol.